The molecule has 1 aliphatic heterocycles. The molecule has 0 aliphatic carbocycles. The maximum Gasteiger partial charge on any atom is 0.323 e. The van der Waals surface area contributed by atoms with Crippen molar-refractivity contribution in [2.45, 2.75) is 13.8 Å². The van der Waals surface area contributed by atoms with Gasteiger partial charge in [0.05, 0.1) is 11.1 Å². The van der Waals surface area contributed by atoms with Crippen molar-refractivity contribution in [3.8, 4) is 0 Å². The molecule has 3 rings (SSSR count). The van der Waals surface area contributed by atoms with E-state index in [9.17, 15) is 23.2 Å². The zero-order valence-electron chi connectivity index (χ0n) is 14.7. The van der Waals surface area contributed by atoms with Gasteiger partial charge in [-0.05, 0) is 36.2 Å². The number of hydrogen-bond acceptors (Lipinski definition) is 3. The minimum atomic E-state index is -0.913. The molecule has 0 saturated carbocycles. The van der Waals surface area contributed by atoms with Crippen molar-refractivity contribution < 1.29 is 23.2 Å². The summed E-state index contributed by atoms with van der Waals surface area (Å²) in [5, 5.41) is 4.49. The van der Waals surface area contributed by atoms with Gasteiger partial charge in [-0.1, -0.05) is 19.9 Å². The highest BCUT2D eigenvalue weighted by atomic mass is 19.1. The van der Waals surface area contributed by atoms with Gasteiger partial charge in [-0.15, -0.1) is 0 Å². The van der Waals surface area contributed by atoms with E-state index in [1.54, 1.807) is 0 Å². The van der Waals surface area contributed by atoms with Crippen LogP contribution in [0.25, 0.3) is 0 Å². The van der Waals surface area contributed by atoms with E-state index in [1.165, 1.54) is 24.3 Å². The standard InChI is InChI=1S/C19H17F2N3O3/c1-10(2)9-24-17(25)12-7-6-11(8-13(12)18(24)26)22-19(27)23-16-14(20)4-3-5-15(16)21/h3-8,10H,9H2,1-2H3,(H2,22,23,27). The molecule has 0 unspecified atom stereocenters. The van der Waals surface area contributed by atoms with Crippen LogP contribution < -0.4 is 10.6 Å². The van der Waals surface area contributed by atoms with E-state index in [4.69, 9.17) is 0 Å². The van der Waals surface area contributed by atoms with Crippen molar-refractivity contribution >= 4 is 29.2 Å². The van der Waals surface area contributed by atoms with Crippen molar-refractivity contribution in [1.82, 2.24) is 4.90 Å². The predicted octanol–water partition coefficient (Wildman–Crippen LogP) is 3.86. The van der Waals surface area contributed by atoms with E-state index in [-0.39, 0.29) is 28.6 Å². The lowest BCUT2D eigenvalue weighted by Gasteiger charge is -2.15. The number of benzene rings is 2. The number of halogens is 2. The molecule has 0 bridgehead atoms. The molecule has 0 radical (unpaired) electrons. The van der Waals surface area contributed by atoms with Gasteiger partial charge < -0.3 is 10.6 Å². The third kappa shape index (κ3) is 3.64. The van der Waals surface area contributed by atoms with Crippen molar-refractivity contribution in [3.05, 3.63) is 59.2 Å². The summed E-state index contributed by atoms with van der Waals surface area (Å²) < 4.78 is 27.2. The van der Waals surface area contributed by atoms with E-state index in [0.717, 1.165) is 17.0 Å². The molecule has 8 heteroatoms. The normalized spacial score (nSPS) is 13.1. The first kappa shape index (κ1) is 18.5. The Hall–Kier alpha value is -3.29. The van der Waals surface area contributed by atoms with Gasteiger partial charge in [0.15, 0.2) is 0 Å². The second-order valence-electron chi connectivity index (χ2n) is 6.55. The number of nitrogens with one attached hydrogen (secondary N) is 2. The van der Waals surface area contributed by atoms with Crippen LogP contribution in [0.2, 0.25) is 0 Å². The third-order valence-electron chi connectivity index (χ3n) is 3.98. The zero-order valence-corrected chi connectivity index (χ0v) is 14.7. The summed E-state index contributed by atoms with van der Waals surface area (Å²) in [6.07, 6.45) is 0. The Bertz CT molecular complexity index is 924. The molecule has 4 amide bonds. The Kier molecular flexibility index (Phi) is 4.89. The molecule has 6 nitrogen and oxygen atoms in total. The Morgan fingerprint density at radius 2 is 1.63 bits per heavy atom. The van der Waals surface area contributed by atoms with Crippen LogP contribution in [0.3, 0.4) is 0 Å². The summed E-state index contributed by atoms with van der Waals surface area (Å²) >= 11 is 0. The minimum absolute atomic E-state index is 0.117. The predicted molar refractivity (Wildman–Crippen MR) is 95.6 cm³/mol. The van der Waals surface area contributed by atoms with E-state index in [0.29, 0.717) is 6.54 Å². The highest BCUT2D eigenvalue weighted by molar-refractivity contribution is 6.22. The summed E-state index contributed by atoms with van der Waals surface area (Å²) in [4.78, 5) is 37.9. The molecular weight excluding hydrogens is 356 g/mol. The molecule has 2 N–H and O–H groups in total. The first-order chi connectivity index (χ1) is 12.8. The highest BCUT2D eigenvalue weighted by Gasteiger charge is 2.35. The lowest BCUT2D eigenvalue weighted by atomic mass is 10.1. The lowest BCUT2D eigenvalue weighted by molar-refractivity contribution is 0.0636. The molecule has 0 aromatic heterocycles. The largest absolute Gasteiger partial charge is 0.323 e. The molecular formula is C19H17F2N3O3. The number of hydrogen-bond donors (Lipinski definition) is 2. The zero-order chi connectivity index (χ0) is 19.7. The molecule has 0 spiro atoms. The van der Waals surface area contributed by atoms with Crippen LogP contribution in [0.5, 0.6) is 0 Å². The van der Waals surface area contributed by atoms with Gasteiger partial charge in [0.1, 0.15) is 17.3 Å². The maximum atomic E-state index is 13.6. The highest BCUT2D eigenvalue weighted by Crippen LogP contribution is 2.27. The van der Waals surface area contributed by atoms with Crippen molar-refractivity contribution in [3.63, 3.8) is 0 Å². The number of nitrogens with zero attached hydrogens (tertiary/aromatic N) is 1. The second-order valence-corrected chi connectivity index (χ2v) is 6.55. The van der Waals surface area contributed by atoms with E-state index in [1.807, 2.05) is 13.8 Å². The van der Waals surface area contributed by atoms with Crippen molar-refractivity contribution in [1.29, 1.82) is 0 Å². The lowest BCUT2D eigenvalue weighted by Crippen LogP contribution is -2.33. The average molecular weight is 373 g/mol. The van der Waals surface area contributed by atoms with Crippen LogP contribution in [0, 0.1) is 17.6 Å². The van der Waals surface area contributed by atoms with Gasteiger partial charge in [-0.3, -0.25) is 14.5 Å². The number of imide groups is 1. The Morgan fingerprint density at radius 3 is 2.26 bits per heavy atom. The molecule has 2 aromatic rings. The van der Waals surface area contributed by atoms with Crippen LogP contribution in [0.1, 0.15) is 34.6 Å². The van der Waals surface area contributed by atoms with Gasteiger partial charge in [0, 0.05) is 12.2 Å². The van der Waals surface area contributed by atoms with Gasteiger partial charge >= 0.3 is 6.03 Å². The van der Waals surface area contributed by atoms with Crippen LogP contribution >= 0.6 is 0 Å². The monoisotopic (exact) mass is 373 g/mol. The number of carbonyl (C=O) groups excluding carboxylic acids is 3. The van der Waals surface area contributed by atoms with Crippen LogP contribution in [0.4, 0.5) is 25.0 Å². The van der Waals surface area contributed by atoms with Crippen molar-refractivity contribution in [2.75, 3.05) is 17.2 Å². The average Bonchev–Trinajstić information content (AvgIpc) is 2.82. The number of carbonyl (C=O) groups is 3. The first-order valence-corrected chi connectivity index (χ1v) is 8.30. The van der Waals surface area contributed by atoms with Gasteiger partial charge in [0.25, 0.3) is 11.8 Å². The number of rotatable bonds is 4. The smallest absolute Gasteiger partial charge is 0.308 e. The van der Waals surface area contributed by atoms with Gasteiger partial charge in [0.2, 0.25) is 0 Å². The summed E-state index contributed by atoms with van der Waals surface area (Å²) in [5.74, 6) is -2.53. The Morgan fingerprint density at radius 1 is 1.00 bits per heavy atom. The Labute approximate surface area is 154 Å². The fraction of sp³-hybridized carbons (Fsp3) is 0.211. The molecule has 140 valence electrons. The quantitative estimate of drug-likeness (QED) is 0.799. The molecule has 0 fully saturated rings. The summed E-state index contributed by atoms with van der Waals surface area (Å²) in [6.45, 7) is 4.08. The minimum Gasteiger partial charge on any atom is -0.308 e. The van der Waals surface area contributed by atoms with E-state index in [2.05, 4.69) is 10.6 Å². The summed E-state index contributed by atoms with van der Waals surface area (Å²) in [6, 6.07) is 6.58. The SMILES string of the molecule is CC(C)CN1C(=O)c2ccc(NC(=O)Nc3c(F)cccc3F)cc2C1=O. The molecule has 0 saturated heterocycles. The number of fused-ring (bicyclic) bond motifs is 1. The second kappa shape index (κ2) is 7.14. The Balaban J connectivity index is 1.77. The van der Waals surface area contributed by atoms with E-state index < -0.39 is 29.3 Å². The number of urea groups is 1. The van der Waals surface area contributed by atoms with E-state index >= 15 is 0 Å². The molecule has 1 heterocycles. The van der Waals surface area contributed by atoms with Crippen LogP contribution in [-0.4, -0.2) is 29.3 Å². The number of amides is 4. The molecule has 27 heavy (non-hydrogen) atoms. The summed E-state index contributed by atoms with van der Waals surface area (Å²) in [5.41, 5.74) is 0.0725. The number of para-hydroxylation sites is 1. The summed E-state index contributed by atoms with van der Waals surface area (Å²) in [7, 11) is 0. The van der Waals surface area contributed by atoms with Gasteiger partial charge in [-0.2, -0.15) is 0 Å². The number of anilines is 2. The van der Waals surface area contributed by atoms with Gasteiger partial charge in [-0.25, -0.2) is 13.6 Å². The molecule has 1 aliphatic rings. The topological polar surface area (TPSA) is 78.5 Å². The maximum absolute atomic E-state index is 13.6. The van der Waals surface area contributed by atoms with Crippen molar-refractivity contribution in [2.24, 2.45) is 5.92 Å². The first-order valence-electron chi connectivity index (χ1n) is 8.30. The third-order valence-corrected chi connectivity index (χ3v) is 3.98. The molecule has 0 atom stereocenters. The van der Waals surface area contributed by atoms with Crippen LogP contribution in [0.15, 0.2) is 36.4 Å². The fourth-order valence-electron chi connectivity index (χ4n) is 2.79. The fourth-order valence-corrected chi connectivity index (χ4v) is 2.79. The van der Waals surface area contributed by atoms with Crippen LogP contribution in [-0.2, 0) is 0 Å². The molecule has 2 aromatic carbocycles.